The first-order valence-corrected chi connectivity index (χ1v) is 6.45. The van der Waals surface area contributed by atoms with Gasteiger partial charge in [-0.05, 0) is 19.1 Å². The van der Waals surface area contributed by atoms with Crippen LogP contribution in [-0.2, 0) is 0 Å². The highest BCUT2D eigenvalue weighted by Crippen LogP contribution is 2.22. The smallest absolute Gasteiger partial charge is 0.0762 e. The van der Waals surface area contributed by atoms with Gasteiger partial charge in [0.05, 0.1) is 11.7 Å². The molecule has 0 aliphatic heterocycles. The van der Waals surface area contributed by atoms with Gasteiger partial charge in [0.1, 0.15) is 0 Å². The Labute approximate surface area is 105 Å². The molecule has 0 saturated heterocycles. The first kappa shape index (κ1) is 12.1. The van der Waals surface area contributed by atoms with Crippen LogP contribution in [0.3, 0.4) is 0 Å². The maximum Gasteiger partial charge on any atom is 0.0762 e. The Hall–Kier alpha value is -1.39. The van der Waals surface area contributed by atoms with Crippen LogP contribution in [0.15, 0.2) is 47.8 Å². The summed E-state index contributed by atoms with van der Waals surface area (Å²) >= 11 is 1.74. The molecule has 1 unspecified atom stereocenters. The first-order valence-electron chi connectivity index (χ1n) is 5.46. The van der Waals surface area contributed by atoms with Crippen LogP contribution in [0.5, 0.6) is 0 Å². The van der Waals surface area contributed by atoms with Gasteiger partial charge in [-0.3, -0.25) is 9.97 Å². The maximum absolute atomic E-state index is 6.05. The van der Waals surface area contributed by atoms with Gasteiger partial charge in [0.2, 0.25) is 0 Å². The lowest BCUT2D eigenvalue weighted by atomic mass is 10.2. The van der Waals surface area contributed by atoms with Crippen molar-refractivity contribution in [1.82, 2.24) is 9.97 Å². The van der Waals surface area contributed by atoms with Crippen LogP contribution in [-0.4, -0.2) is 15.7 Å². The zero-order valence-electron chi connectivity index (χ0n) is 9.71. The van der Waals surface area contributed by atoms with Crippen molar-refractivity contribution in [2.24, 2.45) is 5.73 Å². The number of benzene rings is 1. The summed E-state index contributed by atoms with van der Waals surface area (Å²) in [5.41, 5.74) is 8.16. The zero-order valence-corrected chi connectivity index (χ0v) is 10.5. The summed E-state index contributed by atoms with van der Waals surface area (Å²) in [5.74, 6) is 0.807. The van der Waals surface area contributed by atoms with E-state index in [-0.39, 0.29) is 6.04 Å². The van der Waals surface area contributed by atoms with E-state index in [2.05, 4.69) is 41.2 Å². The molecule has 0 spiro atoms. The molecule has 4 heteroatoms. The lowest BCUT2D eigenvalue weighted by Crippen LogP contribution is -2.14. The van der Waals surface area contributed by atoms with Crippen molar-refractivity contribution in [2.45, 2.75) is 17.9 Å². The molecule has 0 aliphatic carbocycles. The lowest BCUT2D eigenvalue weighted by molar-refractivity contribution is 0.783. The van der Waals surface area contributed by atoms with E-state index in [4.69, 9.17) is 5.73 Å². The number of aryl methyl sites for hydroxylation is 1. The Balaban J connectivity index is 1.92. The van der Waals surface area contributed by atoms with Gasteiger partial charge in [-0.2, -0.15) is 0 Å². The van der Waals surface area contributed by atoms with Crippen molar-refractivity contribution in [2.75, 3.05) is 5.75 Å². The third-order valence-corrected chi connectivity index (χ3v) is 3.54. The van der Waals surface area contributed by atoms with Gasteiger partial charge >= 0.3 is 0 Å². The molecule has 0 amide bonds. The molecule has 1 atom stereocenters. The SMILES string of the molecule is Cc1ccc(SCC(N)c2cnccn2)cc1. The molecule has 0 radical (unpaired) electrons. The van der Waals surface area contributed by atoms with Gasteiger partial charge in [0.15, 0.2) is 0 Å². The minimum atomic E-state index is -0.0741. The Kier molecular flexibility index (Phi) is 4.12. The molecule has 1 aromatic carbocycles. The summed E-state index contributed by atoms with van der Waals surface area (Å²) in [6, 6.07) is 8.37. The average Bonchev–Trinajstić information content (AvgIpc) is 2.39. The van der Waals surface area contributed by atoms with E-state index in [0.717, 1.165) is 11.4 Å². The monoisotopic (exact) mass is 245 g/mol. The van der Waals surface area contributed by atoms with Crippen molar-refractivity contribution >= 4 is 11.8 Å². The van der Waals surface area contributed by atoms with Crippen LogP contribution in [0.2, 0.25) is 0 Å². The largest absolute Gasteiger partial charge is 0.322 e. The lowest BCUT2D eigenvalue weighted by Gasteiger charge is -2.09. The van der Waals surface area contributed by atoms with Crippen LogP contribution in [0.25, 0.3) is 0 Å². The normalized spacial score (nSPS) is 12.4. The Morgan fingerprint density at radius 3 is 2.65 bits per heavy atom. The third-order valence-electron chi connectivity index (χ3n) is 2.41. The number of nitrogens with zero attached hydrogens (tertiary/aromatic N) is 2. The second-order valence-corrected chi connectivity index (χ2v) is 4.95. The molecular formula is C13H15N3S. The van der Waals surface area contributed by atoms with Crippen molar-refractivity contribution in [3.63, 3.8) is 0 Å². The van der Waals surface area contributed by atoms with Crippen molar-refractivity contribution < 1.29 is 0 Å². The predicted molar refractivity (Wildman–Crippen MR) is 70.9 cm³/mol. The fourth-order valence-electron chi connectivity index (χ4n) is 1.41. The zero-order chi connectivity index (χ0) is 12.1. The highest BCUT2D eigenvalue weighted by molar-refractivity contribution is 7.99. The molecule has 17 heavy (non-hydrogen) atoms. The topological polar surface area (TPSA) is 51.8 Å². The average molecular weight is 245 g/mol. The van der Waals surface area contributed by atoms with Crippen LogP contribution in [0.4, 0.5) is 0 Å². The fourth-order valence-corrected chi connectivity index (χ4v) is 2.28. The summed E-state index contributed by atoms with van der Waals surface area (Å²) in [6.45, 7) is 2.08. The summed E-state index contributed by atoms with van der Waals surface area (Å²) in [6.07, 6.45) is 5.05. The van der Waals surface area contributed by atoms with Gasteiger partial charge in [-0.15, -0.1) is 11.8 Å². The van der Waals surface area contributed by atoms with Gasteiger partial charge < -0.3 is 5.73 Å². The number of hydrogen-bond donors (Lipinski definition) is 1. The van der Waals surface area contributed by atoms with Crippen LogP contribution in [0.1, 0.15) is 17.3 Å². The molecule has 0 saturated carbocycles. The van der Waals surface area contributed by atoms with E-state index in [9.17, 15) is 0 Å². The minimum absolute atomic E-state index is 0.0741. The van der Waals surface area contributed by atoms with E-state index in [1.807, 2.05) is 0 Å². The molecule has 0 bridgehead atoms. The number of thioether (sulfide) groups is 1. The Morgan fingerprint density at radius 2 is 2.00 bits per heavy atom. The highest BCUT2D eigenvalue weighted by Gasteiger charge is 2.07. The molecule has 0 aliphatic rings. The van der Waals surface area contributed by atoms with Gasteiger partial charge in [-0.25, -0.2) is 0 Å². The molecule has 0 fully saturated rings. The molecule has 1 aromatic heterocycles. The number of rotatable bonds is 4. The standard InChI is InChI=1S/C13H15N3S/c1-10-2-4-11(5-3-10)17-9-12(14)13-8-15-6-7-16-13/h2-8,12H,9,14H2,1H3. The second kappa shape index (κ2) is 5.80. The number of nitrogens with two attached hydrogens (primary N) is 1. The molecule has 1 heterocycles. The Morgan fingerprint density at radius 1 is 1.24 bits per heavy atom. The van der Waals surface area contributed by atoms with Gasteiger partial charge in [0, 0.05) is 29.2 Å². The van der Waals surface area contributed by atoms with E-state index in [1.165, 1.54) is 10.5 Å². The summed E-state index contributed by atoms with van der Waals surface area (Å²) in [4.78, 5) is 9.46. The van der Waals surface area contributed by atoms with Gasteiger partial charge in [-0.1, -0.05) is 17.7 Å². The second-order valence-electron chi connectivity index (χ2n) is 3.86. The maximum atomic E-state index is 6.05. The van der Waals surface area contributed by atoms with Crippen LogP contribution < -0.4 is 5.73 Å². The molecule has 2 aromatic rings. The minimum Gasteiger partial charge on any atom is -0.322 e. The quantitative estimate of drug-likeness (QED) is 0.841. The number of hydrogen-bond acceptors (Lipinski definition) is 4. The fraction of sp³-hybridized carbons (Fsp3) is 0.231. The van der Waals surface area contributed by atoms with E-state index in [0.29, 0.717) is 0 Å². The molecule has 2 rings (SSSR count). The van der Waals surface area contributed by atoms with Crippen LogP contribution >= 0.6 is 11.8 Å². The Bertz CT molecular complexity index is 456. The number of aromatic nitrogens is 2. The van der Waals surface area contributed by atoms with Crippen LogP contribution in [0, 0.1) is 6.92 Å². The summed E-state index contributed by atoms with van der Waals surface area (Å²) in [7, 11) is 0. The van der Waals surface area contributed by atoms with Crippen molar-refractivity contribution in [3.8, 4) is 0 Å². The predicted octanol–water partition coefficient (Wildman–Crippen LogP) is 2.58. The molecule has 88 valence electrons. The molecule has 3 nitrogen and oxygen atoms in total. The third kappa shape index (κ3) is 3.54. The van der Waals surface area contributed by atoms with E-state index in [1.54, 1.807) is 30.4 Å². The van der Waals surface area contributed by atoms with Crippen molar-refractivity contribution in [3.05, 3.63) is 54.1 Å². The molecule has 2 N–H and O–H groups in total. The van der Waals surface area contributed by atoms with E-state index >= 15 is 0 Å². The first-order chi connectivity index (χ1) is 8.25. The van der Waals surface area contributed by atoms with E-state index < -0.39 is 0 Å². The highest BCUT2D eigenvalue weighted by atomic mass is 32.2. The summed E-state index contributed by atoms with van der Waals surface area (Å²) < 4.78 is 0. The van der Waals surface area contributed by atoms with Crippen molar-refractivity contribution in [1.29, 1.82) is 0 Å². The summed E-state index contributed by atoms with van der Waals surface area (Å²) in [5, 5.41) is 0. The molecular weight excluding hydrogens is 230 g/mol. The van der Waals surface area contributed by atoms with Gasteiger partial charge in [0.25, 0.3) is 0 Å².